The number of aromatic nitrogens is 2. The van der Waals surface area contributed by atoms with Gasteiger partial charge in [0.2, 0.25) is 0 Å². The summed E-state index contributed by atoms with van der Waals surface area (Å²) in [6.07, 6.45) is 0.834. The lowest BCUT2D eigenvalue weighted by Crippen LogP contribution is -1.92. The van der Waals surface area contributed by atoms with Crippen molar-refractivity contribution in [2.45, 2.75) is 20.3 Å². The van der Waals surface area contributed by atoms with Crippen LogP contribution in [0.25, 0.3) is 0 Å². The average Bonchev–Trinajstić information content (AvgIpc) is 2.58. The van der Waals surface area contributed by atoms with E-state index in [1.54, 1.807) is 0 Å². The molecular formula is C11H11IN2S. The number of aryl methyl sites for hydroxylation is 2. The van der Waals surface area contributed by atoms with Crippen LogP contribution in [0.2, 0.25) is 0 Å². The lowest BCUT2D eigenvalue weighted by atomic mass is 10.0. The minimum absolute atomic E-state index is 0.834. The van der Waals surface area contributed by atoms with Crippen molar-refractivity contribution in [3.8, 4) is 0 Å². The second kappa shape index (κ2) is 4.57. The predicted molar refractivity (Wildman–Crippen MR) is 71.3 cm³/mol. The summed E-state index contributed by atoms with van der Waals surface area (Å²) in [6, 6.07) is 6.52. The Bertz CT molecular complexity index is 479. The normalized spacial score (nSPS) is 10.6. The predicted octanol–water partition coefficient (Wildman–Crippen LogP) is 3.35. The largest absolute Gasteiger partial charge is 0.213 e. The van der Waals surface area contributed by atoms with Crippen molar-refractivity contribution in [1.82, 2.24) is 9.36 Å². The molecule has 0 amide bonds. The van der Waals surface area contributed by atoms with E-state index in [0.29, 0.717) is 0 Å². The third-order valence-electron chi connectivity index (χ3n) is 2.38. The summed E-state index contributed by atoms with van der Waals surface area (Å²) in [4.78, 5) is 4.35. The van der Waals surface area contributed by atoms with Crippen molar-refractivity contribution < 1.29 is 0 Å². The fourth-order valence-corrected chi connectivity index (χ4v) is 2.41. The van der Waals surface area contributed by atoms with Crippen LogP contribution in [0, 0.1) is 16.9 Å². The van der Waals surface area contributed by atoms with Crippen molar-refractivity contribution in [2.24, 2.45) is 0 Å². The molecule has 0 saturated heterocycles. The molecule has 0 N–H and O–H groups in total. The van der Waals surface area contributed by atoms with Gasteiger partial charge in [-0.1, -0.05) is 18.2 Å². The molecule has 4 heteroatoms. The minimum Gasteiger partial charge on any atom is -0.213 e. The highest BCUT2D eigenvalue weighted by atomic mass is 127. The van der Waals surface area contributed by atoms with Gasteiger partial charge in [-0.3, -0.25) is 0 Å². The first-order valence-corrected chi connectivity index (χ1v) is 6.54. The molecule has 1 heterocycles. The Morgan fingerprint density at radius 2 is 2.07 bits per heavy atom. The quantitative estimate of drug-likeness (QED) is 0.789. The van der Waals surface area contributed by atoms with Crippen LogP contribution in [0.1, 0.15) is 22.5 Å². The van der Waals surface area contributed by atoms with Gasteiger partial charge in [0.05, 0.1) is 0 Å². The molecule has 78 valence electrons. The molecule has 0 saturated carbocycles. The van der Waals surface area contributed by atoms with E-state index < -0.39 is 0 Å². The fourth-order valence-electron chi connectivity index (χ4n) is 1.40. The molecule has 0 aliphatic heterocycles. The average molecular weight is 330 g/mol. The van der Waals surface area contributed by atoms with Crippen LogP contribution in [0.15, 0.2) is 18.2 Å². The molecule has 0 aliphatic rings. The molecular weight excluding hydrogens is 319 g/mol. The van der Waals surface area contributed by atoms with Gasteiger partial charge in [0.25, 0.3) is 0 Å². The number of hydrogen-bond acceptors (Lipinski definition) is 3. The number of hydrogen-bond donors (Lipinski definition) is 0. The van der Waals surface area contributed by atoms with Gasteiger partial charge < -0.3 is 0 Å². The first-order chi connectivity index (χ1) is 7.15. The summed E-state index contributed by atoms with van der Waals surface area (Å²) in [6.45, 7) is 4.26. The van der Waals surface area contributed by atoms with Crippen LogP contribution in [0.4, 0.5) is 0 Å². The zero-order chi connectivity index (χ0) is 10.8. The third kappa shape index (κ3) is 2.75. The summed E-state index contributed by atoms with van der Waals surface area (Å²) in [5.41, 5.74) is 3.95. The lowest BCUT2D eigenvalue weighted by molar-refractivity contribution is 1.02. The van der Waals surface area contributed by atoms with Crippen LogP contribution in [0.3, 0.4) is 0 Å². The highest BCUT2D eigenvalue weighted by Crippen LogP contribution is 2.14. The van der Waals surface area contributed by atoms with E-state index in [1.807, 2.05) is 0 Å². The van der Waals surface area contributed by atoms with Crippen LogP contribution in [-0.4, -0.2) is 9.36 Å². The second-order valence-corrected chi connectivity index (χ2v) is 6.06. The van der Waals surface area contributed by atoms with Crippen LogP contribution in [-0.2, 0) is 6.42 Å². The monoisotopic (exact) mass is 330 g/mol. The molecule has 0 atom stereocenters. The molecule has 0 radical (unpaired) electrons. The smallest absolute Gasteiger partial charge is 0.173 e. The van der Waals surface area contributed by atoms with Crippen LogP contribution in [0.5, 0.6) is 0 Å². The molecule has 0 aliphatic carbocycles. The number of rotatable bonds is 2. The van der Waals surface area contributed by atoms with Gasteiger partial charge in [-0.2, -0.15) is 4.37 Å². The second-order valence-electron chi connectivity index (χ2n) is 3.56. The number of halogens is 1. The van der Waals surface area contributed by atoms with Gasteiger partial charge >= 0.3 is 0 Å². The zero-order valence-electron chi connectivity index (χ0n) is 8.62. The summed E-state index contributed by atoms with van der Waals surface area (Å²) in [7, 11) is 0. The maximum absolute atomic E-state index is 4.35. The number of nitrogens with zero attached hydrogens (tertiary/aromatic N) is 2. The van der Waals surface area contributed by atoms with Gasteiger partial charge in [0.1, 0.15) is 5.82 Å². The van der Waals surface area contributed by atoms with Crippen molar-refractivity contribution in [2.75, 3.05) is 0 Å². The highest BCUT2D eigenvalue weighted by molar-refractivity contribution is 14.1. The van der Waals surface area contributed by atoms with Gasteiger partial charge in [0.15, 0.2) is 3.01 Å². The van der Waals surface area contributed by atoms with Gasteiger partial charge in [-0.15, -0.1) is 0 Å². The van der Waals surface area contributed by atoms with E-state index in [4.69, 9.17) is 0 Å². The topological polar surface area (TPSA) is 25.8 Å². The fraction of sp³-hybridized carbons (Fsp3) is 0.273. The van der Waals surface area contributed by atoms with E-state index in [0.717, 1.165) is 15.3 Å². The van der Waals surface area contributed by atoms with Gasteiger partial charge in [0, 0.05) is 6.42 Å². The molecule has 2 rings (SSSR count). The van der Waals surface area contributed by atoms with Gasteiger partial charge in [-0.25, -0.2) is 4.98 Å². The molecule has 0 unspecified atom stereocenters. The van der Waals surface area contributed by atoms with Crippen molar-refractivity contribution in [3.05, 3.63) is 43.7 Å². The molecule has 2 aromatic rings. The summed E-state index contributed by atoms with van der Waals surface area (Å²) in [5.74, 6) is 0.924. The van der Waals surface area contributed by atoms with Crippen molar-refractivity contribution in [3.63, 3.8) is 0 Å². The summed E-state index contributed by atoms with van der Waals surface area (Å²) in [5, 5.41) is 0. The van der Waals surface area contributed by atoms with E-state index in [1.165, 1.54) is 28.2 Å². The Morgan fingerprint density at radius 1 is 1.27 bits per heavy atom. The standard InChI is InChI=1S/C11H11IN2S/c1-7-3-4-9(5-8(7)2)6-10-13-11(12)15-14-10/h3-5H,6H2,1-2H3. The molecule has 1 aromatic heterocycles. The first kappa shape index (κ1) is 11.0. The lowest BCUT2D eigenvalue weighted by Gasteiger charge is -2.02. The highest BCUT2D eigenvalue weighted by Gasteiger charge is 2.03. The SMILES string of the molecule is Cc1ccc(Cc2nsc(I)n2)cc1C. The van der Waals surface area contributed by atoms with E-state index >= 15 is 0 Å². The Morgan fingerprint density at radius 3 is 2.67 bits per heavy atom. The van der Waals surface area contributed by atoms with Crippen LogP contribution >= 0.6 is 34.1 Å². The molecule has 0 bridgehead atoms. The first-order valence-electron chi connectivity index (χ1n) is 4.69. The van der Waals surface area contributed by atoms with Crippen molar-refractivity contribution in [1.29, 1.82) is 0 Å². The van der Waals surface area contributed by atoms with Gasteiger partial charge in [-0.05, 0) is 64.7 Å². The maximum Gasteiger partial charge on any atom is 0.173 e. The molecule has 0 fully saturated rings. The Balaban J connectivity index is 2.21. The molecule has 1 aromatic carbocycles. The number of benzene rings is 1. The van der Waals surface area contributed by atoms with E-state index in [9.17, 15) is 0 Å². The molecule has 0 spiro atoms. The third-order valence-corrected chi connectivity index (χ3v) is 3.75. The maximum atomic E-state index is 4.35. The minimum atomic E-state index is 0.834. The summed E-state index contributed by atoms with van der Waals surface area (Å²) >= 11 is 3.66. The molecule has 15 heavy (non-hydrogen) atoms. The Kier molecular flexibility index (Phi) is 3.35. The zero-order valence-corrected chi connectivity index (χ0v) is 11.6. The van der Waals surface area contributed by atoms with E-state index in [-0.39, 0.29) is 0 Å². The van der Waals surface area contributed by atoms with Crippen molar-refractivity contribution >= 4 is 34.1 Å². The Hall–Kier alpha value is -0.490. The Labute approximate surface area is 107 Å². The summed E-state index contributed by atoms with van der Waals surface area (Å²) < 4.78 is 5.29. The molecule has 2 nitrogen and oxygen atoms in total. The van der Waals surface area contributed by atoms with Crippen LogP contribution < -0.4 is 0 Å². The van der Waals surface area contributed by atoms with E-state index in [2.05, 4.69) is 64.0 Å².